The van der Waals surface area contributed by atoms with Gasteiger partial charge in [-0.05, 0) is 51.3 Å². The molecule has 21 heavy (non-hydrogen) atoms. The summed E-state index contributed by atoms with van der Waals surface area (Å²) in [6.07, 6.45) is 1.93. The maximum Gasteiger partial charge on any atom is 0.410 e. The molecule has 2 aromatic rings. The monoisotopic (exact) mass is 365 g/mol. The molecule has 0 unspecified atom stereocenters. The molecule has 3 nitrogen and oxygen atoms in total. The molecule has 0 N–H and O–H groups in total. The van der Waals surface area contributed by atoms with E-state index in [0.29, 0.717) is 19.2 Å². The maximum absolute atomic E-state index is 12.3. The molecule has 1 aromatic carbocycles. The molecule has 0 atom stereocenters. The molecule has 1 saturated carbocycles. The van der Waals surface area contributed by atoms with Crippen molar-refractivity contribution in [2.75, 3.05) is 0 Å². The lowest BCUT2D eigenvalue weighted by Crippen LogP contribution is -2.32. The molecule has 1 aliphatic rings. The van der Waals surface area contributed by atoms with E-state index in [1.54, 1.807) is 11.3 Å². The van der Waals surface area contributed by atoms with Gasteiger partial charge in [0.1, 0.15) is 6.61 Å². The van der Waals surface area contributed by atoms with Crippen molar-refractivity contribution in [3.8, 4) is 0 Å². The van der Waals surface area contributed by atoms with E-state index < -0.39 is 0 Å². The summed E-state index contributed by atoms with van der Waals surface area (Å²) in [6.45, 7) is 0.955. The highest BCUT2D eigenvalue weighted by Gasteiger charge is 2.33. The van der Waals surface area contributed by atoms with Crippen molar-refractivity contribution in [3.63, 3.8) is 0 Å². The molecular weight excluding hydrogens is 350 g/mol. The topological polar surface area (TPSA) is 29.5 Å². The largest absolute Gasteiger partial charge is 0.445 e. The molecule has 1 aliphatic carbocycles. The third-order valence-corrected chi connectivity index (χ3v) is 4.96. The van der Waals surface area contributed by atoms with E-state index in [1.165, 1.54) is 0 Å². The molecule has 0 spiro atoms. The fourth-order valence-electron chi connectivity index (χ4n) is 2.16. The standard InChI is InChI=1S/C16H16BrNO2S/c17-15-8-13(11-21-15)9-18(14-6-7-14)16(19)20-10-12-4-2-1-3-5-12/h1-5,8,11,14H,6-7,9-10H2. The summed E-state index contributed by atoms with van der Waals surface area (Å²) in [7, 11) is 0. The summed E-state index contributed by atoms with van der Waals surface area (Å²) in [4.78, 5) is 14.1. The fourth-order valence-corrected chi connectivity index (χ4v) is 3.36. The first kappa shape index (κ1) is 14.6. The highest BCUT2D eigenvalue weighted by molar-refractivity contribution is 9.11. The molecule has 0 aliphatic heterocycles. The van der Waals surface area contributed by atoms with E-state index in [2.05, 4.69) is 27.4 Å². The lowest BCUT2D eigenvalue weighted by Gasteiger charge is -2.21. The lowest BCUT2D eigenvalue weighted by atomic mass is 10.2. The van der Waals surface area contributed by atoms with Crippen LogP contribution in [-0.4, -0.2) is 17.0 Å². The number of halogens is 1. The van der Waals surface area contributed by atoms with Crippen molar-refractivity contribution in [2.45, 2.75) is 32.0 Å². The smallest absolute Gasteiger partial charge is 0.410 e. The SMILES string of the molecule is O=C(OCc1ccccc1)N(Cc1csc(Br)c1)C1CC1. The van der Waals surface area contributed by atoms with Gasteiger partial charge in [0.25, 0.3) is 0 Å². The van der Waals surface area contributed by atoms with Crippen LogP contribution in [0, 0.1) is 0 Å². The van der Waals surface area contributed by atoms with Gasteiger partial charge < -0.3 is 9.64 Å². The summed E-state index contributed by atoms with van der Waals surface area (Å²) in [6, 6.07) is 12.2. The van der Waals surface area contributed by atoms with Gasteiger partial charge in [-0.2, -0.15) is 0 Å². The number of rotatable bonds is 5. The van der Waals surface area contributed by atoms with E-state index in [9.17, 15) is 4.79 Å². The summed E-state index contributed by atoms with van der Waals surface area (Å²) in [5.41, 5.74) is 2.16. The van der Waals surface area contributed by atoms with Crippen molar-refractivity contribution >= 4 is 33.4 Å². The third-order valence-electron chi connectivity index (χ3n) is 3.40. The number of carbonyl (C=O) groups is 1. The van der Waals surface area contributed by atoms with Crippen molar-refractivity contribution in [3.05, 3.63) is 56.7 Å². The second-order valence-electron chi connectivity index (χ2n) is 5.16. The van der Waals surface area contributed by atoms with Crippen LogP contribution in [-0.2, 0) is 17.9 Å². The number of carbonyl (C=O) groups excluding carboxylic acids is 1. The second kappa shape index (κ2) is 6.62. The minimum absolute atomic E-state index is 0.219. The van der Waals surface area contributed by atoms with Crippen LogP contribution in [0.25, 0.3) is 0 Å². The molecule has 0 saturated heterocycles. The van der Waals surface area contributed by atoms with Gasteiger partial charge >= 0.3 is 6.09 Å². The van der Waals surface area contributed by atoms with Crippen LogP contribution >= 0.6 is 27.3 Å². The van der Waals surface area contributed by atoms with Gasteiger partial charge in [0.2, 0.25) is 0 Å². The van der Waals surface area contributed by atoms with E-state index in [0.717, 1.165) is 27.8 Å². The average Bonchev–Trinajstić information content (AvgIpc) is 3.26. The zero-order valence-corrected chi connectivity index (χ0v) is 13.9. The molecule has 1 amide bonds. The van der Waals surface area contributed by atoms with Gasteiger partial charge in [-0.1, -0.05) is 30.3 Å². The number of nitrogens with zero attached hydrogens (tertiary/aromatic N) is 1. The summed E-state index contributed by atoms with van der Waals surface area (Å²) in [5, 5.41) is 2.07. The van der Waals surface area contributed by atoms with Gasteiger partial charge in [0, 0.05) is 6.04 Å². The van der Waals surface area contributed by atoms with Crippen LogP contribution in [0.15, 0.2) is 45.6 Å². The van der Waals surface area contributed by atoms with E-state index in [-0.39, 0.29) is 6.09 Å². The van der Waals surface area contributed by atoms with Gasteiger partial charge in [0.15, 0.2) is 0 Å². The van der Waals surface area contributed by atoms with Gasteiger partial charge in [-0.25, -0.2) is 4.79 Å². The summed E-state index contributed by atoms with van der Waals surface area (Å²) >= 11 is 5.10. The predicted molar refractivity (Wildman–Crippen MR) is 87.2 cm³/mol. The molecule has 0 bridgehead atoms. The molecule has 5 heteroatoms. The Labute approximate surface area is 136 Å². The minimum Gasteiger partial charge on any atom is -0.445 e. The molecule has 110 valence electrons. The van der Waals surface area contributed by atoms with Crippen molar-refractivity contribution < 1.29 is 9.53 Å². The van der Waals surface area contributed by atoms with Crippen molar-refractivity contribution in [1.82, 2.24) is 4.90 Å². The quantitative estimate of drug-likeness (QED) is 0.760. The lowest BCUT2D eigenvalue weighted by molar-refractivity contribution is 0.0910. The Morgan fingerprint density at radius 1 is 1.29 bits per heavy atom. The zero-order valence-electron chi connectivity index (χ0n) is 11.5. The number of amides is 1. The highest BCUT2D eigenvalue weighted by atomic mass is 79.9. The third kappa shape index (κ3) is 4.08. The zero-order chi connectivity index (χ0) is 14.7. The van der Waals surface area contributed by atoms with Crippen molar-refractivity contribution in [1.29, 1.82) is 0 Å². The molecule has 1 aromatic heterocycles. The summed E-state index contributed by atoms with van der Waals surface area (Å²) in [5.74, 6) is 0. The molecule has 1 heterocycles. The Morgan fingerprint density at radius 3 is 2.67 bits per heavy atom. The van der Waals surface area contributed by atoms with Crippen LogP contribution in [0.5, 0.6) is 0 Å². The Morgan fingerprint density at radius 2 is 2.05 bits per heavy atom. The van der Waals surface area contributed by atoms with Crippen LogP contribution < -0.4 is 0 Å². The number of benzene rings is 1. The van der Waals surface area contributed by atoms with Gasteiger partial charge in [-0.15, -0.1) is 11.3 Å². The first-order valence-corrected chi connectivity index (χ1v) is 8.60. The maximum atomic E-state index is 12.3. The minimum atomic E-state index is -0.219. The molecule has 1 fully saturated rings. The number of hydrogen-bond acceptors (Lipinski definition) is 3. The normalized spacial score (nSPS) is 14.0. The van der Waals surface area contributed by atoms with Crippen molar-refractivity contribution in [2.24, 2.45) is 0 Å². The van der Waals surface area contributed by atoms with Crippen LogP contribution in [0.4, 0.5) is 4.79 Å². The molecule has 3 rings (SSSR count). The first-order valence-electron chi connectivity index (χ1n) is 6.92. The molecular formula is C16H16BrNO2S. The first-order chi connectivity index (χ1) is 10.2. The second-order valence-corrected chi connectivity index (χ2v) is 7.45. The number of hydrogen-bond donors (Lipinski definition) is 0. The Kier molecular flexibility index (Phi) is 4.60. The number of ether oxygens (including phenoxy) is 1. The van der Waals surface area contributed by atoms with Crippen LogP contribution in [0.2, 0.25) is 0 Å². The Bertz CT molecular complexity index is 610. The fraction of sp³-hybridized carbons (Fsp3) is 0.312. The Balaban J connectivity index is 1.59. The highest BCUT2D eigenvalue weighted by Crippen LogP contribution is 2.30. The Hall–Kier alpha value is -1.33. The number of thiophene rings is 1. The van der Waals surface area contributed by atoms with E-state index >= 15 is 0 Å². The van der Waals surface area contributed by atoms with Gasteiger partial charge in [0.05, 0.1) is 10.3 Å². The predicted octanol–water partition coefficient (Wildman–Crippen LogP) is 4.81. The molecule has 0 radical (unpaired) electrons. The van der Waals surface area contributed by atoms with Crippen LogP contribution in [0.3, 0.4) is 0 Å². The van der Waals surface area contributed by atoms with E-state index in [4.69, 9.17) is 4.74 Å². The summed E-state index contributed by atoms with van der Waals surface area (Å²) < 4.78 is 6.54. The van der Waals surface area contributed by atoms with Crippen LogP contribution in [0.1, 0.15) is 24.0 Å². The van der Waals surface area contributed by atoms with Gasteiger partial charge in [-0.3, -0.25) is 0 Å². The average molecular weight is 366 g/mol. The van der Waals surface area contributed by atoms with E-state index in [1.807, 2.05) is 35.2 Å².